The average Bonchev–Trinajstić information content (AvgIpc) is 2.79. The van der Waals surface area contributed by atoms with Gasteiger partial charge in [0.25, 0.3) is 5.09 Å². The van der Waals surface area contributed by atoms with Crippen LogP contribution in [-0.4, -0.2) is 45.8 Å². The molecule has 0 aliphatic heterocycles. The summed E-state index contributed by atoms with van der Waals surface area (Å²) in [6.45, 7) is 0.0126. The molecule has 2 N–H and O–H groups in total. The van der Waals surface area contributed by atoms with E-state index in [4.69, 9.17) is 19.3 Å². The molecule has 13 heteroatoms. The van der Waals surface area contributed by atoms with Gasteiger partial charge in [-0.25, -0.2) is 23.1 Å². The molecule has 2 rings (SSSR count). The molecule has 0 fully saturated rings. The van der Waals surface area contributed by atoms with Crippen molar-refractivity contribution in [3.05, 3.63) is 69.8 Å². The number of benzene rings is 2. The summed E-state index contributed by atoms with van der Waals surface area (Å²) in [5.74, 6) is -1.02. The fraction of sp³-hybridized carbons (Fsp3) is 0.238. The van der Waals surface area contributed by atoms with Crippen LogP contribution in [0.1, 0.15) is 28.8 Å². The summed E-state index contributed by atoms with van der Waals surface area (Å²) in [6.07, 6.45) is 3.44. The van der Waals surface area contributed by atoms with Crippen LogP contribution in [0, 0.1) is 10.1 Å². The molecule has 0 radical (unpaired) electrons. The number of ether oxygens (including phenoxy) is 3. The maximum Gasteiger partial charge on any atom is 0.343 e. The quantitative estimate of drug-likeness (QED) is 0.115. The Labute approximate surface area is 195 Å². The Morgan fingerprint density at radius 3 is 2.35 bits per heavy atom. The van der Waals surface area contributed by atoms with Gasteiger partial charge in [0, 0.05) is 6.08 Å². The number of hydrogen-bond donors (Lipinski definition) is 1. The minimum atomic E-state index is -3.88. The van der Waals surface area contributed by atoms with E-state index in [1.807, 2.05) is 0 Å². The number of primary sulfonamides is 1. The zero-order chi connectivity index (χ0) is 25.1. The van der Waals surface area contributed by atoms with Crippen LogP contribution in [0.4, 0.5) is 0 Å². The molecule has 182 valence electrons. The molecule has 0 saturated carbocycles. The standard InChI is InChI=1S/C21H22N2O10S/c1-30-19-14-15(5-11-20(24)31-12-2-3-13-32-23(26)27)4-10-18(19)33-21(25)16-6-8-17(9-7-16)34(22,28)29/h4-11,14H,2-3,12-13H2,1H3,(H2,22,28,29)/b11-5+. The van der Waals surface area contributed by atoms with Crippen molar-refractivity contribution in [2.24, 2.45) is 5.14 Å². The average molecular weight is 494 g/mol. The highest BCUT2D eigenvalue weighted by Gasteiger charge is 2.14. The van der Waals surface area contributed by atoms with Gasteiger partial charge < -0.3 is 19.0 Å². The summed E-state index contributed by atoms with van der Waals surface area (Å²) < 4.78 is 38.2. The van der Waals surface area contributed by atoms with Crippen molar-refractivity contribution in [2.75, 3.05) is 20.3 Å². The third-order valence-corrected chi connectivity index (χ3v) is 5.13. The molecule has 0 unspecified atom stereocenters. The zero-order valence-electron chi connectivity index (χ0n) is 18.0. The first-order valence-corrected chi connectivity index (χ1v) is 11.3. The summed E-state index contributed by atoms with van der Waals surface area (Å²) in [5.41, 5.74) is 0.664. The normalized spacial score (nSPS) is 11.1. The monoisotopic (exact) mass is 494 g/mol. The fourth-order valence-electron chi connectivity index (χ4n) is 2.54. The maximum absolute atomic E-state index is 12.4. The lowest BCUT2D eigenvalue weighted by Crippen LogP contribution is -2.13. The van der Waals surface area contributed by atoms with E-state index in [9.17, 15) is 28.1 Å². The van der Waals surface area contributed by atoms with Crippen molar-refractivity contribution in [3.8, 4) is 11.5 Å². The molecule has 2 aromatic rings. The van der Waals surface area contributed by atoms with Gasteiger partial charge in [0.15, 0.2) is 11.5 Å². The van der Waals surface area contributed by atoms with Gasteiger partial charge in [-0.1, -0.05) is 6.07 Å². The Balaban J connectivity index is 1.94. The first kappa shape index (κ1) is 26.3. The highest BCUT2D eigenvalue weighted by atomic mass is 32.2. The van der Waals surface area contributed by atoms with Gasteiger partial charge in [0.2, 0.25) is 10.0 Å². The lowest BCUT2D eigenvalue weighted by atomic mass is 10.2. The number of rotatable bonds is 12. The number of nitrogens with two attached hydrogens (primary N) is 1. The predicted molar refractivity (Wildman–Crippen MR) is 118 cm³/mol. The van der Waals surface area contributed by atoms with E-state index in [0.29, 0.717) is 18.4 Å². The van der Waals surface area contributed by atoms with Gasteiger partial charge in [-0.3, -0.25) is 0 Å². The first-order valence-electron chi connectivity index (χ1n) is 9.75. The van der Waals surface area contributed by atoms with Crippen molar-refractivity contribution in [3.63, 3.8) is 0 Å². The Morgan fingerprint density at radius 2 is 1.74 bits per heavy atom. The van der Waals surface area contributed by atoms with Crippen LogP contribution in [0.5, 0.6) is 11.5 Å². The molecule has 0 spiro atoms. The number of sulfonamides is 1. The second-order valence-electron chi connectivity index (χ2n) is 6.63. The van der Waals surface area contributed by atoms with Gasteiger partial charge in [0.1, 0.15) is 0 Å². The summed E-state index contributed by atoms with van der Waals surface area (Å²) in [4.78, 5) is 38.2. The van der Waals surface area contributed by atoms with Gasteiger partial charge in [-0.15, -0.1) is 10.1 Å². The van der Waals surface area contributed by atoms with Crippen LogP contribution in [0.2, 0.25) is 0 Å². The third kappa shape index (κ3) is 8.52. The van der Waals surface area contributed by atoms with Crippen molar-refractivity contribution in [2.45, 2.75) is 17.7 Å². The Morgan fingerprint density at radius 1 is 1.06 bits per heavy atom. The van der Waals surface area contributed by atoms with Crippen molar-refractivity contribution in [1.82, 2.24) is 0 Å². The molecule has 12 nitrogen and oxygen atoms in total. The molecule has 0 aromatic heterocycles. The number of hydrogen-bond acceptors (Lipinski definition) is 10. The number of nitrogens with zero attached hydrogens (tertiary/aromatic N) is 1. The smallest absolute Gasteiger partial charge is 0.343 e. The molecule has 0 amide bonds. The van der Waals surface area contributed by atoms with E-state index in [1.165, 1.54) is 55.7 Å². The Kier molecular flexibility index (Phi) is 9.52. The largest absolute Gasteiger partial charge is 0.493 e. The zero-order valence-corrected chi connectivity index (χ0v) is 18.9. The number of methoxy groups -OCH3 is 1. The maximum atomic E-state index is 12.4. The summed E-state index contributed by atoms with van der Waals surface area (Å²) in [5, 5.41) is 14.2. The van der Waals surface area contributed by atoms with Gasteiger partial charge in [0.05, 0.1) is 30.8 Å². The minimum absolute atomic E-state index is 0.0714. The second kappa shape index (κ2) is 12.3. The molecule has 0 bridgehead atoms. The van der Waals surface area contributed by atoms with Crippen molar-refractivity contribution >= 4 is 28.0 Å². The van der Waals surface area contributed by atoms with E-state index in [2.05, 4.69) is 4.84 Å². The summed E-state index contributed by atoms with van der Waals surface area (Å²) >= 11 is 0. The number of esters is 2. The predicted octanol–water partition coefficient (Wildman–Crippen LogP) is 2.11. The highest BCUT2D eigenvalue weighted by molar-refractivity contribution is 7.89. The van der Waals surface area contributed by atoms with Crippen LogP contribution in [0.25, 0.3) is 6.08 Å². The Bertz CT molecular complexity index is 1160. The summed E-state index contributed by atoms with van der Waals surface area (Å²) in [7, 11) is -2.51. The van der Waals surface area contributed by atoms with E-state index in [0.717, 1.165) is 0 Å². The molecule has 0 aliphatic rings. The third-order valence-electron chi connectivity index (χ3n) is 4.20. The number of carbonyl (C=O) groups is 2. The second-order valence-corrected chi connectivity index (χ2v) is 8.20. The number of unbranched alkanes of at least 4 members (excludes halogenated alkanes) is 1. The van der Waals surface area contributed by atoms with Crippen molar-refractivity contribution in [1.29, 1.82) is 0 Å². The lowest BCUT2D eigenvalue weighted by Gasteiger charge is -2.10. The Hall–Kier alpha value is -3.97. The SMILES string of the molecule is COc1cc(/C=C/C(=O)OCCCCO[N+](=O)[O-])ccc1OC(=O)c1ccc(S(N)(=O)=O)cc1. The molecule has 0 heterocycles. The van der Waals surface area contributed by atoms with E-state index < -0.39 is 27.0 Å². The van der Waals surface area contributed by atoms with E-state index >= 15 is 0 Å². The van der Waals surface area contributed by atoms with Crippen LogP contribution in [0.15, 0.2) is 53.4 Å². The highest BCUT2D eigenvalue weighted by Crippen LogP contribution is 2.29. The van der Waals surface area contributed by atoms with Crippen molar-refractivity contribution < 1.29 is 42.1 Å². The van der Waals surface area contributed by atoms with Gasteiger partial charge in [-0.2, -0.15) is 0 Å². The van der Waals surface area contributed by atoms with Gasteiger partial charge in [-0.05, 0) is 60.9 Å². The fourth-order valence-corrected chi connectivity index (χ4v) is 3.06. The molecule has 0 aliphatic carbocycles. The van der Waals surface area contributed by atoms with Crippen LogP contribution < -0.4 is 14.6 Å². The van der Waals surface area contributed by atoms with Gasteiger partial charge >= 0.3 is 11.9 Å². The minimum Gasteiger partial charge on any atom is -0.493 e. The van der Waals surface area contributed by atoms with E-state index in [-0.39, 0.29) is 35.2 Å². The first-order chi connectivity index (χ1) is 16.1. The van der Waals surface area contributed by atoms with Crippen LogP contribution in [0.3, 0.4) is 0 Å². The van der Waals surface area contributed by atoms with Crippen LogP contribution >= 0.6 is 0 Å². The molecule has 2 aromatic carbocycles. The van der Waals surface area contributed by atoms with Crippen LogP contribution in [-0.2, 0) is 24.4 Å². The molecule has 34 heavy (non-hydrogen) atoms. The topological polar surface area (TPSA) is 174 Å². The molecule has 0 saturated heterocycles. The molecular formula is C21H22N2O10S. The number of carbonyl (C=O) groups excluding carboxylic acids is 2. The molecule has 0 atom stereocenters. The molecular weight excluding hydrogens is 472 g/mol. The van der Waals surface area contributed by atoms with E-state index in [1.54, 1.807) is 6.07 Å². The summed E-state index contributed by atoms with van der Waals surface area (Å²) in [6, 6.07) is 9.50. The lowest BCUT2D eigenvalue weighted by molar-refractivity contribution is -0.757.